The topological polar surface area (TPSA) is 41.6 Å². The maximum atomic E-state index is 13.8. The number of carbonyl (C=O) groups excluding carboxylic acids is 1. The molecule has 0 aromatic heterocycles. The number of allylic oxidation sites excluding steroid dienone is 1. The summed E-state index contributed by atoms with van der Waals surface area (Å²) in [6.07, 6.45) is 2.35. The molecule has 168 valence electrons. The van der Waals surface area contributed by atoms with Crippen LogP contribution in [0.15, 0.2) is 90.1 Å². The van der Waals surface area contributed by atoms with E-state index in [2.05, 4.69) is 77.8 Å². The van der Waals surface area contributed by atoms with Gasteiger partial charge in [0.05, 0.1) is 24.5 Å². The molecular weight excluding hydrogens is 408 g/mol. The van der Waals surface area contributed by atoms with Crippen LogP contribution in [0.3, 0.4) is 0 Å². The maximum Gasteiger partial charge on any atom is 0.163 e. The first-order valence-electron chi connectivity index (χ1n) is 11.8. The summed E-state index contributed by atoms with van der Waals surface area (Å²) >= 11 is 0. The summed E-state index contributed by atoms with van der Waals surface area (Å²) in [6, 6.07) is 26.9. The molecule has 0 spiro atoms. The number of Topliss-reactive ketones (excluding diaryl/α,β-unsaturated/α-hetero) is 1. The van der Waals surface area contributed by atoms with Crippen molar-refractivity contribution in [1.82, 2.24) is 0 Å². The normalized spacial score (nSPS) is 19.9. The number of ketones is 1. The smallest absolute Gasteiger partial charge is 0.163 e. The van der Waals surface area contributed by atoms with Gasteiger partial charge in [-0.25, -0.2) is 0 Å². The number of anilines is 2. The first-order valence-corrected chi connectivity index (χ1v) is 11.8. The van der Waals surface area contributed by atoms with Crippen molar-refractivity contribution >= 4 is 17.2 Å². The van der Waals surface area contributed by atoms with Gasteiger partial charge >= 0.3 is 0 Å². The molecule has 0 saturated carbocycles. The number of hydrogen-bond acceptors (Lipinski definition) is 4. The van der Waals surface area contributed by atoms with Crippen molar-refractivity contribution in [3.05, 3.63) is 101 Å². The number of nitrogens with zero attached hydrogens (tertiary/aromatic N) is 1. The molecule has 1 aliphatic carbocycles. The monoisotopic (exact) mass is 438 g/mol. The summed E-state index contributed by atoms with van der Waals surface area (Å²) in [5.41, 5.74) is 6.49. The van der Waals surface area contributed by atoms with E-state index in [0.717, 1.165) is 53.3 Å². The summed E-state index contributed by atoms with van der Waals surface area (Å²) in [5, 5.41) is 3.69. The van der Waals surface area contributed by atoms with Gasteiger partial charge in [-0.2, -0.15) is 0 Å². The Morgan fingerprint density at radius 2 is 1.64 bits per heavy atom. The average molecular weight is 439 g/mol. The van der Waals surface area contributed by atoms with Gasteiger partial charge in [-0.05, 0) is 54.2 Å². The Kier molecular flexibility index (Phi) is 5.91. The Hall–Kier alpha value is -3.53. The van der Waals surface area contributed by atoms with Crippen molar-refractivity contribution in [2.45, 2.75) is 38.1 Å². The molecule has 0 unspecified atom stereocenters. The lowest BCUT2D eigenvalue weighted by Gasteiger charge is -2.36. The molecule has 0 amide bonds. The molecule has 3 aromatic carbocycles. The largest absolute Gasteiger partial charge is 0.497 e. The van der Waals surface area contributed by atoms with Gasteiger partial charge in [0, 0.05) is 24.2 Å². The molecule has 0 fully saturated rings. The van der Waals surface area contributed by atoms with Gasteiger partial charge in [-0.15, -0.1) is 0 Å². The number of fused-ring (bicyclic) bond motifs is 1. The zero-order valence-corrected chi connectivity index (χ0v) is 19.3. The van der Waals surface area contributed by atoms with Crippen LogP contribution in [-0.2, 0) is 4.79 Å². The molecule has 4 nitrogen and oxygen atoms in total. The molecule has 2 aliphatic rings. The fraction of sp³-hybridized carbons (Fsp3) is 0.276. The lowest BCUT2D eigenvalue weighted by molar-refractivity contribution is -0.116. The zero-order chi connectivity index (χ0) is 22.8. The highest BCUT2D eigenvalue weighted by molar-refractivity contribution is 6.01. The van der Waals surface area contributed by atoms with E-state index in [1.165, 1.54) is 5.56 Å². The van der Waals surface area contributed by atoms with Gasteiger partial charge in [0.15, 0.2) is 5.78 Å². The fourth-order valence-electron chi connectivity index (χ4n) is 5.24. The number of methoxy groups -OCH3 is 1. The van der Waals surface area contributed by atoms with E-state index in [1.807, 2.05) is 18.2 Å². The van der Waals surface area contributed by atoms with Crippen molar-refractivity contribution in [2.24, 2.45) is 0 Å². The molecule has 1 aliphatic heterocycles. The standard InChI is InChI=1S/C29H30N2O2/c1-3-17-31-26-12-8-7-11-24(26)30-25-18-22(20-9-5-4-6-10-20)19-27(32)28(25)29(31)21-13-15-23(33-2)16-14-21/h4-16,22,29-30H,3,17-19H2,1-2H3/t22-,29+/m1/s1. The van der Waals surface area contributed by atoms with Gasteiger partial charge in [0.25, 0.3) is 0 Å². The van der Waals surface area contributed by atoms with Crippen molar-refractivity contribution in [2.75, 3.05) is 23.9 Å². The molecule has 1 heterocycles. The molecule has 1 N–H and O–H groups in total. The van der Waals surface area contributed by atoms with E-state index in [0.29, 0.717) is 6.42 Å². The Morgan fingerprint density at radius 3 is 2.36 bits per heavy atom. The highest BCUT2D eigenvalue weighted by atomic mass is 16.5. The first kappa shape index (κ1) is 21.3. The summed E-state index contributed by atoms with van der Waals surface area (Å²) < 4.78 is 5.40. The Balaban J connectivity index is 1.67. The van der Waals surface area contributed by atoms with Crippen LogP contribution >= 0.6 is 0 Å². The number of para-hydroxylation sites is 2. The van der Waals surface area contributed by atoms with Crippen LogP contribution in [0.5, 0.6) is 5.75 Å². The third kappa shape index (κ3) is 4.02. The van der Waals surface area contributed by atoms with Gasteiger partial charge < -0.3 is 15.0 Å². The minimum Gasteiger partial charge on any atom is -0.497 e. The molecular formula is C29H30N2O2. The minimum atomic E-state index is -0.133. The fourth-order valence-corrected chi connectivity index (χ4v) is 5.24. The molecule has 4 heteroatoms. The van der Waals surface area contributed by atoms with Crippen LogP contribution in [0.1, 0.15) is 49.3 Å². The average Bonchev–Trinajstić information content (AvgIpc) is 2.99. The third-order valence-electron chi connectivity index (χ3n) is 6.76. The minimum absolute atomic E-state index is 0.133. The number of hydrogen-bond donors (Lipinski definition) is 1. The molecule has 33 heavy (non-hydrogen) atoms. The van der Waals surface area contributed by atoms with E-state index >= 15 is 0 Å². The number of nitrogens with one attached hydrogen (secondary N) is 1. The van der Waals surface area contributed by atoms with Crippen LogP contribution in [0.4, 0.5) is 11.4 Å². The van der Waals surface area contributed by atoms with E-state index in [1.54, 1.807) is 7.11 Å². The van der Waals surface area contributed by atoms with E-state index in [4.69, 9.17) is 4.74 Å². The summed E-state index contributed by atoms with van der Waals surface area (Å²) in [7, 11) is 1.68. The molecule has 2 atom stereocenters. The van der Waals surface area contributed by atoms with E-state index in [-0.39, 0.29) is 17.7 Å². The lowest BCUT2D eigenvalue weighted by atomic mass is 9.78. The van der Waals surface area contributed by atoms with Crippen LogP contribution in [-0.4, -0.2) is 19.4 Å². The molecule has 0 saturated heterocycles. The van der Waals surface area contributed by atoms with Gasteiger partial charge in [-0.3, -0.25) is 4.79 Å². The summed E-state index contributed by atoms with van der Waals surface area (Å²) in [4.78, 5) is 16.2. The lowest BCUT2D eigenvalue weighted by Crippen LogP contribution is -2.34. The van der Waals surface area contributed by atoms with E-state index in [9.17, 15) is 4.79 Å². The Morgan fingerprint density at radius 1 is 0.909 bits per heavy atom. The van der Waals surface area contributed by atoms with Crippen LogP contribution < -0.4 is 15.0 Å². The van der Waals surface area contributed by atoms with Gasteiger partial charge in [0.2, 0.25) is 0 Å². The van der Waals surface area contributed by atoms with Crippen molar-refractivity contribution < 1.29 is 9.53 Å². The SMILES string of the molecule is CCCN1c2ccccc2NC2=C(C(=O)C[C@H](c3ccccc3)C2)[C@@H]1c1ccc(OC)cc1. The van der Waals surface area contributed by atoms with Gasteiger partial charge in [-0.1, -0.05) is 61.5 Å². The second-order valence-electron chi connectivity index (χ2n) is 8.84. The van der Waals surface area contributed by atoms with Crippen molar-refractivity contribution in [3.63, 3.8) is 0 Å². The third-order valence-corrected chi connectivity index (χ3v) is 6.76. The van der Waals surface area contributed by atoms with Crippen LogP contribution in [0.2, 0.25) is 0 Å². The van der Waals surface area contributed by atoms with Crippen LogP contribution in [0.25, 0.3) is 0 Å². The number of rotatable bonds is 5. The Labute approximate surface area is 195 Å². The van der Waals surface area contributed by atoms with Crippen molar-refractivity contribution in [1.29, 1.82) is 0 Å². The van der Waals surface area contributed by atoms with Crippen LogP contribution in [0, 0.1) is 0 Å². The summed E-state index contributed by atoms with van der Waals surface area (Å²) in [6.45, 7) is 3.05. The van der Waals surface area contributed by atoms with Crippen molar-refractivity contribution in [3.8, 4) is 5.75 Å². The predicted octanol–water partition coefficient (Wildman–Crippen LogP) is 6.48. The zero-order valence-electron chi connectivity index (χ0n) is 19.3. The Bertz CT molecular complexity index is 1170. The maximum absolute atomic E-state index is 13.8. The number of carbonyl (C=O) groups is 1. The van der Waals surface area contributed by atoms with Gasteiger partial charge in [0.1, 0.15) is 5.75 Å². The highest BCUT2D eigenvalue weighted by Crippen LogP contribution is 2.47. The first-order chi connectivity index (χ1) is 16.2. The number of benzene rings is 3. The quantitative estimate of drug-likeness (QED) is 0.495. The molecule has 3 aromatic rings. The molecule has 5 rings (SSSR count). The van der Waals surface area contributed by atoms with E-state index < -0.39 is 0 Å². The molecule has 0 bridgehead atoms. The molecule has 0 radical (unpaired) electrons. The number of ether oxygens (including phenoxy) is 1. The second kappa shape index (κ2) is 9.14. The summed E-state index contributed by atoms with van der Waals surface area (Å²) in [5.74, 6) is 1.24. The highest BCUT2D eigenvalue weighted by Gasteiger charge is 2.39. The second-order valence-corrected chi connectivity index (χ2v) is 8.84. The predicted molar refractivity (Wildman–Crippen MR) is 134 cm³/mol.